The molecule has 1 aromatic rings. The molecule has 0 aliphatic heterocycles. The van der Waals surface area contributed by atoms with Gasteiger partial charge in [-0.15, -0.1) is 0 Å². The van der Waals surface area contributed by atoms with E-state index in [0.717, 1.165) is 31.8 Å². The Hall–Kier alpha value is -1.02. The summed E-state index contributed by atoms with van der Waals surface area (Å²) in [6, 6.07) is 8.40. The lowest BCUT2D eigenvalue weighted by Gasteiger charge is -2.05. The Balaban J connectivity index is 1.88. The van der Waals surface area contributed by atoms with E-state index in [2.05, 4.69) is 19.1 Å². The molecule has 119 valence electrons. The van der Waals surface area contributed by atoms with Crippen molar-refractivity contribution in [3.63, 3.8) is 0 Å². The van der Waals surface area contributed by atoms with Gasteiger partial charge in [0.25, 0.3) is 0 Å². The maximum Gasteiger partial charge on any atom is 0.118 e. The molecule has 21 heavy (non-hydrogen) atoms. The second kappa shape index (κ2) is 12.7. The van der Waals surface area contributed by atoms with Crippen LogP contribution < -0.4 is 4.74 Å². The predicted molar refractivity (Wildman–Crippen MR) is 89.8 cm³/mol. The van der Waals surface area contributed by atoms with Crippen molar-refractivity contribution in [1.29, 1.82) is 0 Å². The minimum atomic E-state index is 0.922. The molecule has 0 saturated heterocycles. The van der Waals surface area contributed by atoms with Gasteiger partial charge in [0, 0.05) is 13.2 Å². The third-order valence-corrected chi connectivity index (χ3v) is 3.70. The molecule has 1 radical (unpaired) electrons. The van der Waals surface area contributed by atoms with Crippen molar-refractivity contribution in [2.45, 2.75) is 57.8 Å². The molecule has 0 spiro atoms. The van der Waals surface area contributed by atoms with E-state index in [-0.39, 0.29) is 0 Å². The fourth-order valence-electron chi connectivity index (χ4n) is 2.34. The topological polar surface area (TPSA) is 18.5 Å². The highest BCUT2D eigenvalue weighted by Crippen LogP contribution is 2.14. The zero-order chi connectivity index (χ0) is 15.2. The summed E-state index contributed by atoms with van der Waals surface area (Å²) in [4.78, 5) is 0. The molecule has 0 aliphatic rings. The lowest BCUT2D eigenvalue weighted by atomic mass is 10.1. The minimum absolute atomic E-state index is 0.922. The first-order valence-corrected chi connectivity index (χ1v) is 8.36. The van der Waals surface area contributed by atoms with Gasteiger partial charge >= 0.3 is 0 Å². The summed E-state index contributed by atoms with van der Waals surface area (Å²) < 4.78 is 10.8. The molecule has 1 rings (SSSR count). The zero-order valence-corrected chi connectivity index (χ0v) is 13.6. The second-order valence-electron chi connectivity index (χ2n) is 5.54. The Bertz CT molecular complexity index is 332. The molecule has 0 saturated carbocycles. The number of ether oxygens (including phenoxy) is 2. The molecule has 1 aromatic carbocycles. The third kappa shape index (κ3) is 9.52. The van der Waals surface area contributed by atoms with Gasteiger partial charge in [-0.25, -0.2) is 0 Å². The first-order chi connectivity index (χ1) is 10.4. The van der Waals surface area contributed by atoms with Crippen LogP contribution in [-0.2, 0) is 11.2 Å². The van der Waals surface area contributed by atoms with Gasteiger partial charge in [-0.3, -0.25) is 0 Å². The largest absolute Gasteiger partial charge is 0.497 e. The zero-order valence-electron chi connectivity index (χ0n) is 13.6. The number of unbranched alkanes of at least 4 members (excludes halogenated alkanes) is 6. The lowest BCUT2D eigenvalue weighted by molar-refractivity contribution is 0.126. The summed E-state index contributed by atoms with van der Waals surface area (Å²) in [7, 11) is 1.71. The van der Waals surface area contributed by atoms with Crippen LogP contribution in [0.2, 0.25) is 0 Å². The van der Waals surface area contributed by atoms with Gasteiger partial charge in [-0.2, -0.15) is 0 Å². The van der Waals surface area contributed by atoms with Gasteiger partial charge in [-0.05, 0) is 43.4 Å². The van der Waals surface area contributed by atoms with E-state index in [1.807, 2.05) is 12.1 Å². The molecule has 0 aromatic heterocycles. The average molecular weight is 291 g/mol. The molecule has 0 fully saturated rings. The van der Waals surface area contributed by atoms with E-state index in [9.17, 15) is 0 Å². The van der Waals surface area contributed by atoms with Crippen molar-refractivity contribution >= 4 is 0 Å². The second-order valence-corrected chi connectivity index (χ2v) is 5.54. The van der Waals surface area contributed by atoms with E-state index >= 15 is 0 Å². The third-order valence-electron chi connectivity index (χ3n) is 3.70. The predicted octanol–water partition coefficient (Wildman–Crippen LogP) is 5.21. The van der Waals surface area contributed by atoms with Crippen LogP contribution >= 0.6 is 0 Å². The highest BCUT2D eigenvalue weighted by Gasteiger charge is 1.96. The van der Waals surface area contributed by atoms with Crippen LogP contribution in [0.15, 0.2) is 24.3 Å². The van der Waals surface area contributed by atoms with E-state index in [4.69, 9.17) is 9.47 Å². The standard InChI is InChI=1S/C19H31O2/c1-3-4-5-9-16-21-17-10-7-6-8-11-18-12-14-19(20-2)15-13-18/h12-15H,1,3-11,16-17H2,2H3. The fourth-order valence-corrected chi connectivity index (χ4v) is 2.34. The molecule has 0 atom stereocenters. The van der Waals surface area contributed by atoms with Crippen molar-refractivity contribution in [1.82, 2.24) is 0 Å². The summed E-state index contributed by atoms with van der Waals surface area (Å²) in [5.74, 6) is 0.936. The summed E-state index contributed by atoms with van der Waals surface area (Å²) in [6.45, 7) is 5.69. The lowest BCUT2D eigenvalue weighted by Crippen LogP contribution is -1.97. The highest BCUT2D eigenvalue weighted by molar-refractivity contribution is 5.27. The van der Waals surface area contributed by atoms with Gasteiger partial charge in [0.1, 0.15) is 5.75 Å². The molecular formula is C19H31O2. The van der Waals surface area contributed by atoms with Gasteiger partial charge < -0.3 is 9.47 Å². The van der Waals surface area contributed by atoms with Crippen LogP contribution in [0.3, 0.4) is 0 Å². The van der Waals surface area contributed by atoms with Crippen LogP contribution in [0.5, 0.6) is 5.75 Å². The first kappa shape index (κ1) is 18.0. The molecule has 0 heterocycles. The van der Waals surface area contributed by atoms with Crippen molar-refractivity contribution in [2.75, 3.05) is 20.3 Å². The van der Waals surface area contributed by atoms with Crippen molar-refractivity contribution in [2.24, 2.45) is 0 Å². The van der Waals surface area contributed by atoms with E-state index < -0.39 is 0 Å². The maximum atomic E-state index is 5.64. The van der Waals surface area contributed by atoms with Gasteiger partial charge in [0.2, 0.25) is 0 Å². The maximum absolute atomic E-state index is 5.64. The number of hydrogen-bond acceptors (Lipinski definition) is 2. The summed E-state index contributed by atoms with van der Waals surface area (Å²) in [5, 5.41) is 0. The molecular weight excluding hydrogens is 260 g/mol. The number of benzene rings is 1. The van der Waals surface area contributed by atoms with Gasteiger partial charge in [-0.1, -0.05) is 51.2 Å². The number of rotatable bonds is 13. The Morgan fingerprint density at radius 1 is 0.810 bits per heavy atom. The van der Waals surface area contributed by atoms with Crippen molar-refractivity contribution in [3.05, 3.63) is 36.8 Å². The van der Waals surface area contributed by atoms with Gasteiger partial charge in [0.15, 0.2) is 0 Å². The van der Waals surface area contributed by atoms with Crippen LogP contribution in [0.4, 0.5) is 0 Å². The highest BCUT2D eigenvalue weighted by atomic mass is 16.5. The fraction of sp³-hybridized carbons (Fsp3) is 0.632. The Labute approximate surface area is 130 Å². The molecule has 0 amide bonds. The molecule has 0 unspecified atom stereocenters. The normalized spacial score (nSPS) is 10.8. The molecule has 0 bridgehead atoms. The summed E-state index contributed by atoms with van der Waals surface area (Å²) >= 11 is 0. The number of methoxy groups -OCH3 is 1. The molecule has 0 N–H and O–H groups in total. The first-order valence-electron chi connectivity index (χ1n) is 8.36. The van der Waals surface area contributed by atoms with Crippen molar-refractivity contribution in [3.8, 4) is 5.75 Å². The van der Waals surface area contributed by atoms with Crippen molar-refractivity contribution < 1.29 is 9.47 Å². The van der Waals surface area contributed by atoms with Crippen LogP contribution in [0, 0.1) is 6.92 Å². The quantitative estimate of drug-likeness (QED) is 0.464. The van der Waals surface area contributed by atoms with E-state index in [1.165, 1.54) is 50.5 Å². The van der Waals surface area contributed by atoms with Crippen LogP contribution in [-0.4, -0.2) is 20.3 Å². The molecule has 2 nitrogen and oxygen atoms in total. The Kier molecular flexibility index (Phi) is 10.9. The number of hydrogen-bond donors (Lipinski definition) is 0. The minimum Gasteiger partial charge on any atom is -0.497 e. The monoisotopic (exact) mass is 291 g/mol. The molecule has 2 heteroatoms. The van der Waals surface area contributed by atoms with E-state index in [1.54, 1.807) is 7.11 Å². The smallest absolute Gasteiger partial charge is 0.118 e. The summed E-state index contributed by atoms with van der Waals surface area (Å²) in [6.07, 6.45) is 10.9. The Morgan fingerprint density at radius 3 is 2.05 bits per heavy atom. The van der Waals surface area contributed by atoms with Gasteiger partial charge in [0.05, 0.1) is 7.11 Å². The summed E-state index contributed by atoms with van der Waals surface area (Å²) in [5.41, 5.74) is 1.40. The average Bonchev–Trinajstić information content (AvgIpc) is 2.53. The Morgan fingerprint density at radius 2 is 1.43 bits per heavy atom. The number of aryl methyl sites for hydroxylation is 1. The van der Waals surface area contributed by atoms with E-state index in [0.29, 0.717) is 0 Å². The molecule has 0 aliphatic carbocycles. The van der Waals surface area contributed by atoms with Crippen LogP contribution in [0.1, 0.15) is 56.9 Å². The SMILES string of the molecule is [CH2]CCCCCOCCCCCCc1ccc(OC)cc1. The van der Waals surface area contributed by atoms with Crippen LogP contribution in [0.25, 0.3) is 0 Å².